The zero-order chi connectivity index (χ0) is 19.1. The monoisotopic (exact) mass is 488 g/mol. The van der Waals surface area contributed by atoms with Crippen LogP contribution < -0.4 is 29.0 Å². The number of carbonyl (C=O) groups is 2. The van der Waals surface area contributed by atoms with Gasteiger partial charge in [0, 0.05) is 0 Å². The number of hydrogen-bond donors (Lipinski definition) is 2. The zero-order valence-corrected chi connectivity index (χ0v) is 18.3. The second-order valence-electron chi connectivity index (χ2n) is 5.00. The van der Waals surface area contributed by atoms with Crippen LogP contribution in [-0.4, -0.2) is 66.4 Å². The fourth-order valence-corrected chi connectivity index (χ4v) is 10.2. The molecule has 0 fully saturated rings. The SMILES string of the molecule is CNC(=O)c1cccc(OC)c1[Se][Se]c1c(OC)cccc1C(=O)NC. The van der Waals surface area contributed by atoms with E-state index in [0.29, 0.717) is 22.6 Å². The molecular weight excluding hydrogens is 466 g/mol. The molecule has 138 valence electrons. The molecule has 26 heavy (non-hydrogen) atoms. The Morgan fingerprint density at radius 1 is 0.769 bits per heavy atom. The first kappa shape index (κ1) is 20.3. The van der Waals surface area contributed by atoms with Crippen LogP contribution in [0.3, 0.4) is 0 Å². The molecule has 2 aromatic carbocycles. The molecular formula is C18H20N2O4Se2. The molecule has 0 saturated heterocycles. The summed E-state index contributed by atoms with van der Waals surface area (Å²) in [7, 11) is 6.39. The van der Waals surface area contributed by atoms with Gasteiger partial charge in [-0.3, -0.25) is 0 Å². The Bertz CT molecular complexity index is 744. The van der Waals surface area contributed by atoms with E-state index in [1.807, 2.05) is 12.1 Å². The Balaban J connectivity index is 2.43. The van der Waals surface area contributed by atoms with Gasteiger partial charge < -0.3 is 0 Å². The van der Waals surface area contributed by atoms with Crippen LogP contribution in [0.1, 0.15) is 20.7 Å². The summed E-state index contributed by atoms with van der Waals surface area (Å²) < 4.78 is 12.7. The van der Waals surface area contributed by atoms with E-state index >= 15 is 0 Å². The van der Waals surface area contributed by atoms with Gasteiger partial charge in [0.15, 0.2) is 0 Å². The molecule has 2 rings (SSSR count). The van der Waals surface area contributed by atoms with Crippen molar-refractivity contribution in [2.75, 3.05) is 28.3 Å². The van der Waals surface area contributed by atoms with Gasteiger partial charge in [0.25, 0.3) is 0 Å². The number of nitrogens with one attached hydrogen (secondary N) is 2. The first-order chi connectivity index (χ1) is 12.6. The van der Waals surface area contributed by atoms with Crippen molar-refractivity contribution in [2.24, 2.45) is 0 Å². The summed E-state index contributed by atoms with van der Waals surface area (Å²) in [5.74, 6) is 1.07. The van der Waals surface area contributed by atoms with Crippen molar-refractivity contribution in [2.45, 2.75) is 0 Å². The van der Waals surface area contributed by atoms with Crippen molar-refractivity contribution in [3.05, 3.63) is 47.5 Å². The van der Waals surface area contributed by atoms with Gasteiger partial charge in [-0.05, 0) is 0 Å². The zero-order valence-electron chi connectivity index (χ0n) is 14.9. The van der Waals surface area contributed by atoms with Gasteiger partial charge in [0.2, 0.25) is 0 Å². The molecule has 0 aromatic heterocycles. The van der Waals surface area contributed by atoms with Crippen LogP contribution in [0, 0.1) is 0 Å². The third-order valence-electron chi connectivity index (χ3n) is 3.55. The van der Waals surface area contributed by atoms with Gasteiger partial charge in [0.05, 0.1) is 0 Å². The third kappa shape index (κ3) is 4.40. The third-order valence-corrected chi connectivity index (χ3v) is 10.7. The molecule has 8 heteroatoms. The predicted octanol–water partition coefficient (Wildman–Crippen LogP) is -0.303. The second kappa shape index (κ2) is 9.64. The molecule has 0 spiro atoms. The van der Waals surface area contributed by atoms with Crippen molar-refractivity contribution < 1.29 is 19.1 Å². The number of amides is 2. The first-order valence-electron chi connectivity index (χ1n) is 7.70. The molecule has 0 saturated carbocycles. The van der Waals surface area contributed by atoms with E-state index in [4.69, 9.17) is 9.47 Å². The molecule has 0 bridgehead atoms. The van der Waals surface area contributed by atoms with E-state index in [1.54, 1.807) is 52.6 Å². The van der Waals surface area contributed by atoms with Crippen LogP contribution in [-0.2, 0) is 0 Å². The van der Waals surface area contributed by atoms with Crippen molar-refractivity contribution in [3.63, 3.8) is 0 Å². The summed E-state index contributed by atoms with van der Waals surface area (Å²) in [6.45, 7) is 0. The van der Waals surface area contributed by atoms with Crippen molar-refractivity contribution >= 4 is 47.0 Å². The Labute approximate surface area is 163 Å². The Kier molecular flexibility index (Phi) is 7.54. The van der Waals surface area contributed by atoms with E-state index in [-0.39, 0.29) is 38.1 Å². The molecule has 2 amide bonds. The fourth-order valence-electron chi connectivity index (χ4n) is 2.24. The van der Waals surface area contributed by atoms with Crippen LogP contribution in [0.4, 0.5) is 0 Å². The minimum absolute atomic E-state index is 0.0845. The van der Waals surface area contributed by atoms with Gasteiger partial charge >= 0.3 is 164 Å². The normalized spacial score (nSPS) is 10.2. The molecule has 0 heterocycles. The van der Waals surface area contributed by atoms with Gasteiger partial charge in [-0.15, -0.1) is 0 Å². The van der Waals surface area contributed by atoms with Gasteiger partial charge in [-0.2, -0.15) is 0 Å². The average molecular weight is 486 g/mol. The number of carbonyl (C=O) groups excluding carboxylic acids is 2. The Hall–Kier alpha value is -1.98. The Morgan fingerprint density at radius 2 is 1.15 bits per heavy atom. The summed E-state index contributed by atoms with van der Waals surface area (Å²) in [6, 6.07) is 10.9. The number of ether oxygens (including phenoxy) is 2. The quantitative estimate of drug-likeness (QED) is 0.528. The predicted molar refractivity (Wildman–Crippen MR) is 104 cm³/mol. The molecule has 0 aliphatic heterocycles. The number of hydrogen-bond acceptors (Lipinski definition) is 4. The van der Waals surface area contributed by atoms with Crippen molar-refractivity contribution in [1.82, 2.24) is 10.6 Å². The van der Waals surface area contributed by atoms with Crippen molar-refractivity contribution in [1.29, 1.82) is 0 Å². The van der Waals surface area contributed by atoms with Gasteiger partial charge in [-0.1, -0.05) is 0 Å². The summed E-state index contributed by atoms with van der Waals surface area (Å²) in [6.07, 6.45) is 0. The van der Waals surface area contributed by atoms with E-state index in [1.165, 1.54) is 0 Å². The summed E-state index contributed by atoms with van der Waals surface area (Å²) in [4.78, 5) is 24.4. The van der Waals surface area contributed by atoms with Gasteiger partial charge in [-0.25, -0.2) is 0 Å². The van der Waals surface area contributed by atoms with E-state index in [2.05, 4.69) is 10.6 Å². The molecule has 2 aromatic rings. The second-order valence-corrected chi connectivity index (χ2v) is 11.0. The molecule has 6 nitrogen and oxygen atoms in total. The van der Waals surface area contributed by atoms with Crippen LogP contribution >= 0.6 is 0 Å². The van der Waals surface area contributed by atoms with E-state index in [9.17, 15) is 9.59 Å². The van der Waals surface area contributed by atoms with Crippen LogP contribution in [0.15, 0.2) is 36.4 Å². The minimum atomic E-state index is -0.150. The van der Waals surface area contributed by atoms with Crippen LogP contribution in [0.5, 0.6) is 11.5 Å². The molecule has 0 aliphatic carbocycles. The summed E-state index contributed by atoms with van der Waals surface area (Å²) in [5.41, 5.74) is 1.20. The standard InChI is InChI=1S/C18H20N2O4Se2/c1-19-17(21)11-7-5-9-13(23-3)15(11)25-26-16-12(18(22)20-2)8-6-10-14(16)24-4/h5-10H,1-4H3,(H,19,21)(H,20,22). The van der Waals surface area contributed by atoms with E-state index in [0.717, 1.165) is 8.92 Å². The first-order valence-corrected chi connectivity index (χ1v) is 13.7. The fraction of sp³-hybridized carbons (Fsp3) is 0.222. The molecule has 0 aliphatic rings. The maximum absolute atomic E-state index is 12.2. The van der Waals surface area contributed by atoms with Crippen LogP contribution in [0.25, 0.3) is 0 Å². The number of rotatable bonds is 7. The maximum atomic E-state index is 12.2. The van der Waals surface area contributed by atoms with Crippen molar-refractivity contribution in [3.8, 4) is 11.5 Å². The van der Waals surface area contributed by atoms with E-state index < -0.39 is 0 Å². The van der Waals surface area contributed by atoms with Gasteiger partial charge in [0.1, 0.15) is 0 Å². The van der Waals surface area contributed by atoms with Crippen LogP contribution in [0.2, 0.25) is 0 Å². The summed E-state index contributed by atoms with van der Waals surface area (Å²) in [5, 5.41) is 5.33. The molecule has 2 N–H and O–H groups in total. The summed E-state index contributed by atoms with van der Waals surface area (Å²) >= 11 is -0.169. The Morgan fingerprint density at radius 3 is 1.46 bits per heavy atom. The molecule has 0 radical (unpaired) electrons. The number of methoxy groups -OCH3 is 2. The number of benzene rings is 2. The average Bonchev–Trinajstić information content (AvgIpc) is 2.70. The molecule has 0 unspecified atom stereocenters. The topological polar surface area (TPSA) is 76.7 Å². The molecule has 0 atom stereocenters.